The van der Waals surface area contributed by atoms with Gasteiger partial charge in [0.25, 0.3) is 10.0 Å². The molecule has 2 heterocycles. The van der Waals surface area contributed by atoms with Crippen molar-refractivity contribution in [2.24, 2.45) is 0 Å². The van der Waals surface area contributed by atoms with Crippen molar-refractivity contribution < 1.29 is 27.5 Å². The van der Waals surface area contributed by atoms with Crippen LogP contribution in [0.3, 0.4) is 0 Å². The van der Waals surface area contributed by atoms with E-state index >= 15 is 0 Å². The maximum absolute atomic E-state index is 12.0. The van der Waals surface area contributed by atoms with Crippen LogP contribution in [-0.4, -0.2) is 59.3 Å². The van der Waals surface area contributed by atoms with E-state index in [0.29, 0.717) is 22.9 Å². The summed E-state index contributed by atoms with van der Waals surface area (Å²) in [6.45, 7) is 2.12. The summed E-state index contributed by atoms with van der Waals surface area (Å²) in [4.78, 5) is 19.7. The third-order valence-electron chi connectivity index (χ3n) is 3.73. The number of nitrogens with one attached hydrogen (secondary N) is 1. The fourth-order valence-corrected chi connectivity index (χ4v) is 5.37. The van der Waals surface area contributed by atoms with Crippen molar-refractivity contribution in [1.29, 1.82) is 0 Å². The van der Waals surface area contributed by atoms with Gasteiger partial charge in [-0.2, -0.15) is 4.72 Å². The van der Waals surface area contributed by atoms with E-state index in [1.165, 1.54) is 0 Å². The van der Waals surface area contributed by atoms with Crippen LogP contribution < -0.4 is 9.46 Å². The molecule has 0 saturated carbocycles. The largest absolute Gasteiger partial charge is 0.492 e. The molecule has 1 aliphatic heterocycles. The van der Waals surface area contributed by atoms with Gasteiger partial charge in [0, 0.05) is 12.1 Å². The zero-order valence-corrected chi connectivity index (χ0v) is 17.6. The molecule has 29 heavy (non-hydrogen) atoms. The Hall–Kier alpha value is -2.08. The van der Waals surface area contributed by atoms with E-state index in [1.54, 1.807) is 24.3 Å². The van der Waals surface area contributed by atoms with Gasteiger partial charge in [0.1, 0.15) is 23.6 Å². The van der Waals surface area contributed by atoms with Crippen molar-refractivity contribution in [3.8, 4) is 16.3 Å². The Balaban J connectivity index is 1.58. The topological polar surface area (TPSA) is 142 Å². The van der Waals surface area contributed by atoms with E-state index in [0.717, 1.165) is 24.4 Å². The van der Waals surface area contributed by atoms with E-state index in [9.17, 15) is 13.0 Å². The van der Waals surface area contributed by atoms with Crippen molar-refractivity contribution >= 4 is 29.0 Å². The Bertz CT molecular complexity index is 1050. The van der Waals surface area contributed by atoms with Crippen LogP contribution in [0.15, 0.2) is 53.0 Å². The molecule has 1 aromatic carbocycles. The third kappa shape index (κ3) is 6.46. The number of hydrogen-bond donors (Lipinski definition) is 3. The molecule has 0 radical (unpaired) electrons. The SMILES string of the molecule is O=P(O)(O)CNS(=O)(=O)c1nnc(-c2ccc(OCCN3C=CC=CC3)cc2)s1. The second kappa shape index (κ2) is 9.16. The van der Waals surface area contributed by atoms with E-state index in [4.69, 9.17) is 14.5 Å². The zero-order valence-electron chi connectivity index (χ0n) is 15.1. The number of benzene rings is 1. The summed E-state index contributed by atoms with van der Waals surface area (Å²) >= 11 is 0.799. The van der Waals surface area contributed by atoms with Gasteiger partial charge in [-0.25, -0.2) is 8.42 Å². The van der Waals surface area contributed by atoms with Crippen LogP contribution in [0, 0.1) is 0 Å². The maximum atomic E-state index is 12.0. The molecule has 0 unspecified atom stereocenters. The minimum Gasteiger partial charge on any atom is -0.492 e. The summed E-state index contributed by atoms with van der Waals surface area (Å²) in [6, 6.07) is 6.98. The monoisotopic (exact) mass is 458 g/mol. The van der Waals surface area contributed by atoms with Gasteiger partial charge in [-0.3, -0.25) is 4.57 Å². The Morgan fingerprint density at radius 3 is 2.62 bits per heavy atom. The first-order chi connectivity index (χ1) is 13.7. The second-order valence-electron chi connectivity index (χ2n) is 5.98. The molecule has 0 spiro atoms. The lowest BCUT2D eigenvalue weighted by Gasteiger charge is -2.20. The van der Waals surface area contributed by atoms with Crippen LogP contribution in [0.25, 0.3) is 10.6 Å². The molecule has 3 rings (SSSR count). The molecule has 1 aliphatic rings. The maximum Gasteiger partial charge on any atom is 0.340 e. The fraction of sp³-hybridized carbons (Fsp3) is 0.250. The van der Waals surface area contributed by atoms with Crippen LogP contribution in [-0.2, 0) is 14.6 Å². The molecular weight excluding hydrogens is 439 g/mol. The van der Waals surface area contributed by atoms with Gasteiger partial charge in [-0.1, -0.05) is 23.5 Å². The summed E-state index contributed by atoms with van der Waals surface area (Å²) in [6.07, 6.45) is 7.03. The summed E-state index contributed by atoms with van der Waals surface area (Å²) in [5.41, 5.74) is 0.649. The lowest BCUT2D eigenvalue weighted by molar-refractivity contribution is 0.263. The molecule has 2 aromatic rings. The fourth-order valence-electron chi connectivity index (χ4n) is 2.31. The molecule has 1 aromatic heterocycles. The Morgan fingerprint density at radius 2 is 1.97 bits per heavy atom. The first-order valence-electron chi connectivity index (χ1n) is 8.41. The third-order valence-corrected chi connectivity index (χ3v) is 7.25. The highest BCUT2D eigenvalue weighted by atomic mass is 32.2. The van der Waals surface area contributed by atoms with Crippen LogP contribution in [0.5, 0.6) is 5.75 Å². The average Bonchev–Trinajstić information content (AvgIpc) is 3.19. The standard InChI is InChI=1S/C16H19N4O6PS2/c21-27(22,23)12-17-29(24,25)16-19-18-15(28-16)13-4-6-14(7-5-13)26-11-10-20-8-2-1-3-9-20/h1-8,17H,9-12H2,(H2,21,22,23). The van der Waals surface area contributed by atoms with Gasteiger partial charge >= 0.3 is 7.60 Å². The number of ether oxygens (including phenoxy) is 1. The van der Waals surface area contributed by atoms with Crippen molar-refractivity contribution in [3.63, 3.8) is 0 Å². The number of rotatable bonds is 9. The van der Waals surface area contributed by atoms with Crippen LogP contribution in [0.1, 0.15) is 0 Å². The number of aromatic nitrogens is 2. The van der Waals surface area contributed by atoms with E-state index < -0.39 is 23.9 Å². The summed E-state index contributed by atoms with van der Waals surface area (Å²) < 4.78 is 42.1. The minimum atomic E-state index is -4.52. The van der Waals surface area contributed by atoms with Crippen LogP contribution in [0.2, 0.25) is 0 Å². The summed E-state index contributed by atoms with van der Waals surface area (Å²) in [7, 11) is -8.66. The molecule has 0 atom stereocenters. The molecule has 0 fully saturated rings. The molecule has 0 saturated heterocycles. The highest BCUT2D eigenvalue weighted by Gasteiger charge is 2.24. The lowest BCUT2D eigenvalue weighted by Crippen LogP contribution is -2.24. The predicted molar refractivity (Wildman–Crippen MR) is 108 cm³/mol. The molecule has 0 bridgehead atoms. The first-order valence-corrected chi connectivity index (χ1v) is 12.5. The molecule has 156 valence electrons. The van der Waals surface area contributed by atoms with Gasteiger partial charge in [-0.05, 0) is 36.5 Å². The van der Waals surface area contributed by atoms with Crippen LogP contribution >= 0.6 is 18.9 Å². The average molecular weight is 458 g/mol. The number of allylic oxidation sites excluding steroid dienone is 2. The number of nitrogens with zero attached hydrogens (tertiary/aromatic N) is 3. The minimum absolute atomic E-state index is 0.360. The van der Waals surface area contributed by atoms with E-state index in [-0.39, 0.29) is 4.34 Å². The first kappa shape index (κ1) is 21.6. The van der Waals surface area contributed by atoms with Crippen molar-refractivity contribution in [1.82, 2.24) is 19.8 Å². The van der Waals surface area contributed by atoms with Crippen molar-refractivity contribution in [2.45, 2.75) is 4.34 Å². The smallest absolute Gasteiger partial charge is 0.340 e. The zero-order chi connectivity index (χ0) is 20.9. The van der Waals surface area contributed by atoms with Crippen molar-refractivity contribution in [3.05, 3.63) is 48.7 Å². The Labute approximate surface area is 171 Å². The summed E-state index contributed by atoms with van der Waals surface area (Å²) in [5, 5.41) is 7.81. The lowest BCUT2D eigenvalue weighted by atomic mass is 10.2. The van der Waals surface area contributed by atoms with E-state index in [1.807, 2.05) is 23.1 Å². The molecule has 13 heteroatoms. The van der Waals surface area contributed by atoms with Gasteiger partial charge in [0.05, 0.1) is 6.54 Å². The normalized spacial score (nSPS) is 14.3. The molecular formula is C16H19N4O6PS2. The Kier molecular flexibility index (Phi) is 6.83. The summed E-state index contributed by atoms with van der Waals surface area (Å²) in [5.74, 6) is 0.672. The molecule has 10 nitrogen and oxygen atoms in total. The van der Waals surface area contributed by atoms with Crippen LogP contribution in [0.4, 0.5) is 0 Å². The highest BCUT2D eigenvalue weighted by Crippen LogP contribution is 2.33. The van der Waals surface area contributed by atoms with E-state index in [2.05, 4.69) is 21.2 Å². The quantitative estimate of drug-likeness (QED) is 0.475. The molecule has 0 amide bonds. The van der Waals surface area contributed by atoms with Gasteiger partial charge in [0.15, 0.2) is 0 Å². The second-order valence-corrected chi connectivity index (χ2v) is 10.5. The van der Waals surface area contributed by atoms with Gasteiger partial charge in [-0.15, -0.1) is 10.2 Å². The van der Waals surface area contributed by atoms with Gasteiger partial charge in [0.2, 0.25) is 4.34 Å². The molecule has 0 aliphatic carbocycles. The predicted octanol–water partition coefficient (Wildman–Crippen LogP) is 1.38. The number of hydrogen-bond acceptors (Lipinski definition) is 8. The number of sulfonamides is 1. The van der Waals surface area contributed by atoms with Crippen molar-refractivity contribution in [2.75, 3.05) is 26.0 Å². The Morgan fingerprint density at radius 1 is 1.21 bits per heavy atom. The highest BCUT2D eigenvalue weighted by molar-refractivity contribution is 7.91. The molecule has 3 N–H and O–H groups in total. The van der Waals surface area contributed by atoms with Gasteiger partial charge < -0.3 is 19.4 Å².